The van der Waals surface area contributed by atoms with Gasteiger partial charge in [0.05, 0.1) is 16.8 Å². The second-order valence-corrected chi connectivity index (χ2v) is 3.46. The lowest BCUT2D eigenvalue weighted by atomic mass is 10.2. The molecule has 16 heavy (non-hydrogen) atoms. The van der Waals surface area contributed by atoms with Gasteiger partial charge in [-0.3, -0.25) is 4.68 Å². The van der Waals surface area contributed by atoms with Crippen LogP contribution in [-0.4, -0.2) is 19.9 Å². The van der Waals surface area contributed by atoms with Crippen LogP contribution in [0.25, 0.3) is 22.5 Å². The smallest absolute Gasteiger partial charge is 0.260 e. The minimum Gasteiger partial charge on any atom is -0.380 e. The summed E-state index contributed by atoms with van der Waals surface area (Å²) in [5.41, 5.74) is 7.75. The highest BCUT2D eigenvalue weighted by molar-refractivity contribution is 5.85. The molecular weight excluding hydrogens is 206 g/mol. The number of pyridine rings is 1. The lowest BCUT2D eigenvalue weighted by Crippen LogP contribution is -1.95. The van der Waals surface area contributed by atoms with Crippen molar-refractivity contribution < 1.29 is 4.52 Å². The molecule has 3 rings (SSSR count). The summed E-state index contributed by atoms with van der Waals surface area (Å²) >= 11 is 0. The monoisotopic (exact) mass is 215 g/mol. The van der Waals surface area contributed by atoms with E-state index >= 15 is 0 Å². The Morgan fingerprint density at radius 2 is 2.19 bits per heavy atom. The Hall–Kier alpha value is -2.37. The first-order chi connectivity index (χ1) is 7.75. The molecule has 6 heteroatoms. The lowest BCUT2D eigenvalue weighted by molar-refractivity contribution is 0.453. The van der Waals surface area contributed by atoms with Crippen LogP contribution in [0.5, 0.6) is 0 Å². The maximum Gasteiger partial charge on any atom is 0.260 e. The van der Waals surface area contributed by atoms with Gasteiger partial charge in [-0.2, -0.15) is 5.10 Å². The molecule has 0 unspecified atom stereocenters. The fourth-order valence-electron chi connectivity index (χ4n) is 1.61. The summed E-state index contributed by atoms with van der Waals surface area (Å²) < 4.78 is 6.76. The Labute approximate surface area is 90.7 Å². The molecule has 0 bridgehead atoms. The molecule has 3 aromatic rings. The number of fused-ring (bicyclic) bond motifs is 1. The molecule has 0 aliphatic rings. The van der Waals surface area contributed by atoms with Crippen LogP contribution in [0, 0.1) is 0 Å². The highest BCUT2D eigenvalue weighted by Crippen LogP contribution is 2.23. The van der Waals surface area contributed by atoms with Gasteiger partial charge in [-0.25, -0.2) is 4.98 Å². The summed E-state index contributed by atoms with van der Waals surface area (Å²) in [5, 5.41) is 8.47. The van der Waals surface area contributed by atoms with Crippen molar-refractivity contribution in [2.24, 2.45) is 7.05 Å². The molecule has 0 amide bonds. The summed E-state index contributed by atoms with van der Waals surface area (Å²) in [4.78, 5) is 4.33. The highest BCUT2D eigenvalue weighted by atomic mass is 16.5. The van der Waals surface area contributed by atoms with Crippen LogP contribution < -0.4 is 5.73 Å². The largest absolute Gasteiger partial charge is 0.380 e. The van der Waals surface area contributed by atoms with Crippen molar-refractivity contribution >= 4 is 16.9 Å². The van der Waals surface area contributed by atoms with E-state index in [0.29, 0.717) is 11.5 Å². The van der Waals surface area contributed by atoms with Gasteiger partial charge in [0.25, 0.3) is 5.71 Å². The SMILES string of the molecule is Cn1nccc1-c1ccc2c(N)noc2n1. The fourth-order valence-corrected chi connectivity index (χ4v) is 1.61. The average Bonchev–Trinajstić information content (AvgIpc) is 2.86. The summed E-state index contributed by atoms with van der Waals surface area (Å²) in [6.07, 6.45) is 1.72. The summed E-state index contributed by atoms with van der Waals surface area (Å²) in [6, 6.07) is 5.59. The van der Waals surface area contributed by atoms with Crippen LogP contribution >= 0.6 is 0 Å². The molecule has 0 saturated carbocycles. The van der Waals surface area contributed by atoms with Crippen LogP contribution in [-0.2, 0) is 7.05 Å². The first-order valence-corrected chi connectivity index (χ1v) is 4.76. The van der Waals surface area contributed by atoms with Crippen molar-refractivity contribution in [3.63, 3.8) is 0 Å². The third kappa shape index (κ3) is 1.16. The number of hydrogen-bond acceptors (Lipinski definition) is 5. The maximum atomic E-state index is 5.61. The molecule has 80 valence electrons. The Balaban J connectivity index is 2.23. The summed E-state index contributed by atoms with van der Waals surface area (Å²) in [7, 11) is 1.86. The Kier molecular flexibility index (Phi) is 1.70. The summed E-state index contributed by atoms with van der Waals surface area (Å²) in [6.45, 7) is 0. The molecule has 0 aliphatic carbocycles. The van der Waals surface area contributed by atoms with Gasteiger partial charge in [0, 0.05) is 13.2 Å². The number of rotatable bonds is 1. The average molecular weight is 215 g/mol. The fraction of sp³-hybridized carbons (Fsp3) is 0.100. The molecule has 0 spiro atoms. The van der Waals surface area contributed by atoms with Crippen molar-refractivity contribution in [3.8, 4) is 11.4 Å². The zero-order chi connectivity index (χ0) is 11.1. The number of aryl methyl sites for hydroxylation is 1. The molecule has 0 atom stereocenters. The van der Waals surface area contributed by atoms with Crippen molar-refractivity contribution in [1.29, 1.82) is 0 Å². The molecule has 6 nitrogen and oxygen atoms in total. The zero-order valence-corrected chi connectivity index (χ0v) is 8.58. The standard InChI is InChI=1S/C10H9N5O/c1-15-8(4-5-12-15)7-3-2-6-9(11)14-16-10(6)13-7/h2-5H,1H3,(H2,11,14). The van der Waals surface area contributed by atoms with Crippen molar-refractivity contribution in [3.05, 3.63) is 24.4 Å². The van der Waals surface area contributed by atoms with E-state index < -0.39 is 0 Å². The second-order valence-electron chi connectivity index (χ2n) is 3.46. The molecule has 0 aromatic carbocycles. The van der Waals surface area contributed by atoms with E-state index in [9.17, 15) is 0 Å². The third-order valence-electron chi connectivity index (χ3n) is 2.45. The highest BCUT2D eigenvalue weighted by Gasteiger charge is 2.09. The van der Waals surface area contributed by atoms with Gasteiger partial charge >= 0.3 is 0 Å². The van der Waals surface area contributed by atoms with Gasteiger partial charge in [0.1, 0.15) is 0 Å². The molecule has 3 aromatic heterocycles. The van der Waals surface area contributed by atoms with E-state index in [1.807, 2.05) is 25.2 Å². The van der Waals surface area contributed by atoms with Crippen LogP contribution in [0.3, 0.4) is 0 Å². The number of nitrogens with two attached hydrogens (primary N) is 1. The van der Waals surface area contributed by atoms with Gasteiger partial charge in [-0.05, 0) is 18.2 Å². The molecule has 0 radical (unpaired) electrons. The topological polar surface area (TPSA) is 82.8 Å². The first-order valence-electron chi connectivity index (χ1n) is 4.76. The van der Waals surface area contributed by atoms with E-state index in [2.05, 4.69) is 15.2 Å². The van der Waals surface area contributed by atoms with E-state index in [0.717, 1.165) is 16.8 Å². The van der Waals surface area contributed by atoms with Gasteiger partial charge in [-0.15, -0.1) is 0 Å². The maximum absolute atomic E-state index is 5.61. The first kappa shape index (κ1) is 8.90. The van der Waals surface area contributed by atoms with Crippen molar-refractivity contribution in [1.82, 2.24) is 19.9 Å². The normalized spacial score (nSPS) is 11.1. The number of aromatic nitrogens is 4. The van der Waals surface area contributed by atoms with Gasteiger partial charge in [0.15, 0.2) is 5.82 Å². The van der Waals surface area contributed by atoms with Crippen LogP contribution in [0.15, 0.2) is 28.9 Å². The Bertz CT molecular complexity index is 654. The molecule has 0 saturated heterocycles. The molecule has 2 N–H and O–H groups in total. The van der Waals surface area contributed by atoms with Crippen molar-refractivity contribution in [2.75, 3.05) is 5.73 Å². The molecule has 0 fully saturated rings. The van der Waals surface area contributed by atoms with Gasteiger partial charge in [0.2, 0.25) is 0 Å². The zero-order valence-electron chi connectivity index (χ0n) is 8.58. The summed E-state index contributed by atoms with van der Waals surface area (Å²) in [5.74, 6) is 0.360. The van der Waals surface area contributed by atoms with Crippen molar-refractivity contribution in [2.45, 2.75) is 0 Å². The van der Waals surface area contributed by atoms with Crippen LogP contribution in [0.2, 0.25) is 0 Å². The Morgan fingerprint density at radius 3 is 2.94 bits per heavy atom. The lowest BCUT2D eigenvalue weighted by Gasteiger charge is -1.99. The number of nitrogen functional groups attached to an aromatic ring is 1. The quantitative estimate of drug-likeness (QED) is 0.659. The molecular formula is C10H9N5O. The van der Waals surface area contributed by atoms with Gasteiger partial charge in [-0.1, -0.05) is 5.16 Å². The van der Waals surface area contributed by atoms with E-state index in [1.54, 1.807) is 10.9 Å². The molecule has 0 aliphatic heterocycles. The number of nitrogens with zero attached hydrogens (tertiary/aromatic N) is 4. The predicted molar refractivity (Wildman–Crippen MR) is 58.4 cm³/mol. The van der Waals surface area contributed by atoms with E-state index in [4.69, 9.17) is 10.3 Å². The third-order valence-corrected chi connectivity index (χ3v) is 2.45. The number of anilines is 1. The van der Waals surface area contributed by atoms with E-state index in [1.165, 1.54) is 0 Å². The number of hydrogen-bond donors (Lipinski definition) is 1. The Morgan fingerprint density at radius 1 is 1.31 bits per heavy atom. The van der Waals surface area contributed by atoms with Crippen LogP contribution in [0.4, 0.5) is 5.82 Å². The minimum atomic E-state index is 0.360. The second kappa shape index (κ2) is 3.06. The predicted octanol–water partition coefficient (Wildman–Crippen LogP) is 1.21. The van der Waals surface area contributed by atoms with Gasteiger partial charge < -0.3 is 10.3 Å². The molecule has 3 heterocycles. The van der Waals surface area contributed by atoms with E-state index in [-0.39, 0.29) is 0 Å². The van der Waals surface area contributed by atoms with Crippen LogP contribution in [0.1, 0.15) is 0 Å². The minimum absolute atomic E-state index is 0.360.